The fraction of sp³-hybridized carbons (Fsp3) is 0.250. The molecule has 1 aromatic heterocycles. The van der Waals surface area contributed by atoms with E-state index in [9.17, 15) is 14.7 Å². The van der Waals surface area contributed by atoms with Crippen LogP contribution in [0.15, 0.2) is 30.3 Å². The first-order valence-electron chi connectivity index (χ1n) is 6.89. The van der Waals surface area contributed by atoms with E-state index in [0.29, 0.717) is 24.2 Å². The summed E-state index contributed by atoms with van der Waals surface area (Å²) in [6.45, 7) is 0.435. The van der Waals surface area contributed by atoms with Gasteiger partial charge in [0.15, 0.2) is 5.78 Å². The SMILES string of the molecule is Cl.Nc1ccc(Cn2c(C(=O)O)cc3c2CCCC3=O)cc1. The van der Waals surface area contributed by atoms with E-state index in [-0.39, 0.29) is 23.9 Å². The molecule has 0 spiro atoms. The maximum absolute atomic E-state index is 11.9. The zero-order valence-corrected chi connectivity index (χ0v) is 12.7. The van der Waals surface area contributed by atoms with Gasteiger partial charge >= 0.3 is 5.97 Å². The van der Waals surface area contributed by atoms with Crippen LogP contribution in [0.5, 0.6) is 0 Å². The van der Waals surface area contributed by atoms with Crippen molar-refractivity contribution in [3.63, 3.8) is 0 Å². The first kappa shape index (κ1) is 16.1. The molecule has 2 aromatic rings. The van der Waals surface area contributed by atoms with Gasteiger partial charge in [-0.1, -0.05) is 12.1 Å². The molecule has 1 aliphatic rings. The fourth-order valence-corrected chi connectivity index (χ4v) is 2.81. The van der Waals surface area contributed by atoms with Crippen molar-refractivity contribution in [2.24, 2.45) is 0 Å². The van der Waals surface area contributed by atoms with E-state index in [1.807, 2.05) is 12.1 Å². The minimum atomic E-state index is -1.01. The summed E-state index contributed by atoms with van der Waals surface area (Å²) in [5, 5.41) is 9.37. The minimum absolute atomic E-state index is 0. The van der Waals surface area contributed by atoms with Crippen molar-refractivity contribution in [2.75, 3.05) is 5.73 Å². The third kappa shape index (κ3) is 2.85. The zero-order chi connectivity index (χ0) is 15.0. The van der Waals surface area contributed by atoms with Crippen LogP contribution in [0.3, 0.4) is 0 Å². The molecule has 1 heterocycles. The van der Waals surface area contributed by atoms with Gasteiger partial charge < -0.3 is 15.4 Å². The van der Waals surface area contributed by atoms with Crippen LogP contribution < -0.4 is 5.73 Å². The van der Waals surface area contributed by atoms with Crippen LogP contribution in [-0.2, 0) is 13.0 Å². The van der Waals surface area contributed by atoms with Crippen molar-refractivity contribution < 1.29 is 14.7 Å². The number of hydrogen-bond donors (Lipinski definition) is 2. The van der Waals surface area contributed by atoms with Gasteiger partial charge in [-0.05, 0) is 36.6 Å². The average Bonchev–Trinajstić information content (AvgIpc) is 2.82. The van der Waals surface area contributed by atoms with E-state index >= 15 is 0 Å². The summed E-state index contributed by atoms with van der Waals surface area (Å²) in [4.78, 5) is 23.4. The number of hydrogen-bond acceptors (Lipinski definition) is 3. The number of nitrogen functional groups attached to an aromatic ring is 1. The molecule has 116 valence electrons. The molecule has 3 rings (SSSR count). The first-order chi connectivity index (χ1) is 10.1. The van der Waals surface area contributed by atoms with Crippen LogP contribution in [0.2, 0.25) is 0 Å². The summed E-state index contributed by atoms with van der Waals surface area (Å²) in [7, 11) is 0. The number of aromatic nitrogens is 1. The molecule has 0 aliphatic heterocycles. The Morgan fingerprint density at radius 3 is 2.55 bits per heavy atom. The lowest BCUT2D eigenvalue weighted by molar-refractivity contribution is 0.0685. The largest absolute Gasteiger partial charge is 0.477 e. The van der Waals surface area contributed by atoms with E-state index in [4.69, 9.17) is 5.73 Å². The lowest BCUT2D eigenvalue weighted by atomic mass is 9.96. The van der Waals surface area contributed by atoms with Crippen LogP contribution in [0, 0.1) is 0 Å². The van der Waals surface area contributed by atoms with Crippen molar-refractivity contribution in [1.29, 1.82) is 0 Å². The minimum Gasteiger partial charge on any atom is -0.477 e. The summed E-state index contributed by atoms with van der Waals surface area (Å²) < 4.78 is 1.74. The van der Waals surface area contributed by atoms with Gasteiger partial charge in [0, 0.05) is 29.9 Å². The van der Waals surface area contributed by atoms with Crippen molar-refractivity contribution in [3.8, 4) is 0 Å². The second-order valence-electron chi connectivity index (χ2n) is 5.30. The Kier molecular flexibility index (Phi) is 4.56. The van der Waals surface area contributed by atoms with Crippen LogP contribution in [0.1, 0.15) is 44.9 Å². The summed E-state index contributed by atoms with van der Waals surface area (Å²) in [5.41, 5.74) is 8.86. The van der Waals surface area contributed by atoms with Crippen molar-refractivity contribution in [3.05, 3.63) is 52.8 Å². The van der Waals surface area contributed by atoms with Crippen LogP contribution >= 0.6 is 12.4 Å². The Morgan fingerprint density at radius 1 is 1.23 bits per heavy atom. The quantitative estimate of drug-likeness (QED) is 0.851. The summed E-state index contributed by atoms with van der Waals surface area (Å²) >= 11 is 0. The van der Waals surface area contributed by atoms with E-state index in [1.54, 1.807) is 16.7 Å². The highest BCUT2D eigenvalue weighted by molar-refractivity contribution is 6.01. The zero-order valence-electron chi connectivity index (χ0n) is 11.9. The number of Topliss-reactive ketones (excluding diaryl/α,β-unsaturated/α-hetero) is 1. The normalized spacial score (nSPS) is 13.4. The number of carbonyl (C=O) groups excluding carboxylic acids is 1. The smallest absolute Gasteiger partial charge is 0.352 e. The van der Waals surface area contributed by atoms with Gasteiger partial charge in [-0.15, -0.1) is 12.4 Å². The summed E-state index contributed by atoms with van der Waals surface area (Å²) in [6, 6.07) is 8.83. The number of nitrogens with two attached hydrogens (primary N) is 1. The second-order valence-corrected chi connectivity index (χ2v) is 5.30. The molecule has 0 bridgehead atoms. The second kappa shape index (κ2) is 6.23. The highest BCUT2D eigenvalue weighted by atomic mass is 35.5. The Hall–Kier alpha value is -2.27. The maximum atomic E-state index is 11.9. The number of carboxylic acids is 1. The summed E-state index contributed by atoms with van der Waals surface area (Å²) in [5.74, 6) is -0.970. The number of ketones is 1. The predicted molar refractivity (Wildman–Crippen MR) is 85.9 cm³/mol. The lowest BCUT2D eigenvalue weighted by Crippen LogP contribution is -2.16. The maximum Gasteiger partial charge on any atom is 0.352 e. The Morgan fingerprint density at radius 2 is 1.91 bits per heavy atom. The molecular weight excluding hydrogens is 304 g/mol. The lowest BCUT2D eigenvalue weighted by Gasteiger charge is -2.16. The molecule has 0 fully saturated rings. The molecule has 1 aromatic carbocycles. The van der Waals surface area contributed by atoms with Gasteiger partial charge in [-0.25, -0.2) is 4.79 Å². The van der Waals surface area contributed by atoms with E-state index < -0.39 is 5.97 Å². The number of benzene rings is 1. The third-order valence-electron chi connectivity index (χ3n) is 3.87. The van der Waals surface area contributed by atoms with Gasteiger partial charge in [0.25, 0.3) is 0 Å². The van der Waals surface area contributed by atoms with Gasteiger partial charge in [0.2, 0.25) is 0 Å². The van der Waals surface area contributed by atoms with E-state index in [0.717, 1.165) is 24.1 Å². The van der Waals surface area contributed by atoms with E-state index in [2.05, 4.69) is 0 Å². The average molecular weight is 321 g/mol. The number of aromatic carboxylic acids is 1. The molecule has 3 N–H and O–H groups in total. The molecule has 0 radical (unpaired) electrons. The Bertz CT molecular complexity index is 720. The van der Waals surface area contributed by atoms with Crippen molar-refractivity contribution >= 4 is 29.8 Å². The molecule has 0 atom stereocenters. The van der Waals surface area contributed by atoms with Crippen LogP contribution in [0.25, 0.3) is 0 Å². The molecule has 5 nitrogen and oxygen atoms in total. The van der Waals surface area contributed by atoms with E-state index in [1.165, 1.54) is 6.07 Å². The molecule has 1 aliphatic carbocycles. The Balaban J connectivity index is 0.00000176. The molecule has 0 unspecified atom stereocenters. The van der Waals surface area contributed by atoms with Gasteiger partial charge in [0.1, 0.15) is 5.69 Å². The third-order valence-corrected chi connectivity index (χ3v) is 3.87. The number of halogens is 1. The molecule has 6 heteroatoms. The van der Waals surface area contributed by atoms with Gasteiger partial charge in [-0.3, -0.25) is 4.79 Å². The fourth-order valence-electron chi connectivity index (χ4n) is 2.81. The highest BCUT2D eigenvalue weighted by Gasteiger charge is 2.26. The van der Waals surface area contributed by atoms with Crippen molar-refractivity contribution in [2.45, 2.75) is 25.8 Å². The monoisotopic (exact) mass is 320 g/mol. The number of carboxylic acid groups (broad SMARTS) is 1. The first-order valence-corrected chi connectivity index (χ1v) is 6.89. The van der Waals surface area contributed by atoms with Gasteiger partial charge in [-0.2, -0.15) is 0 Å². The van der Waals surface area contributed by atoms with Crippen molar-refractivity contribution in [1.82, 2.24) is 4.57 Å². The number of nitrogens with zero attached hydrogens (tertiary/aromatic N) is 1. The predicted octanol–water partition coefficient (Wildman–Crippen LogP) is 2.76. The topological polar surface area (TPSA) is 85.3 Å². The van der Waals surface area contributed by atoms with Crippen LogP contribution in [-0.4, -0.2) is 21.4 Å². The number of fused-ring (bicyclic) bond motifs is 1. The number of carbonyl (C=O) groups is 2. The highest BCUT2D eigenvalue weighted by Crippen LogP contribution is 2.26. The Labute approximate surface area is 134 Å². The summed E-state index contributed by atoms with van der Waals surface area (Å²) in [6.07, 6.45) is 2.01. The molecular formula is C16H17ClN2O3. The standard InChI is InChI=1S/C16H16N2O3.ClH/c17-11-6-4-10(5-7-11)9-18-13-2-1-3-15(19)12(13)8-14(18)16(20)21;/h4-8H,1-3,9,17H2,(H,20,21);1H. The molecule has 0 saturated heterocycles. The van der Waals surface area contributed by atoms with Crippen LogP contribution in [0.4, 0.5) is 5.69 Å². The molecule has 0 amide bonds. The molecule has 0 saturated carbocycles. The van der Waals surface area contributed by atoms with Gasteiger partial charge in [0.05, 0.1) is 0 Å². The molecule has 22 heavy (non-hydrogen) atoms. The number of rotatable bonds is 3. The number of anilines is 1.